The molecule has 13 atom stereocenters. The Bertz CT molecular complexity index is 1290. The van der Waals surface area contributed by atoms with Crippen LogP contribution in [-0.4, -0.2) is 112 Å². The number of likely N-dealkylation sites (tertiary alicyclic amines) is 1. The number of carbonyl (C=O) groups is 2. The normalized spacial score (nSPS) is 48.2. The average Bonchev–Trinajstić information content (AvgIpc) is 3.39. The summed E-state index contributed by atoms with van der Waals surface area (Å²) in [7, 11) is 6.90. The standard InChI is InChI=1S/C34H47NO9/c1-7-35-17-31(18-39-3)14-13-22(40-4)34-21-15-32(38)23(41-5)16-33(44-19(2)36,25(28(34)35)26(42-6)27(31)34)24(21)29(32)43-30(37)20-11-9-8-10-12-20/h8-12,21-29,38H,7,13-18H2,1-6H3/t21-,22-,23+,24-,25+,26+,27-,28-,29+,31+,32+,33-,34+/m1/s1. The molecule has 5 aliphatic carbocycles. The van der Waals surface area contributed by atoms with Crippen LogP contribution in [0.1, 0.15) is 49.9 Å². The zero-order valence-corrected chi connectivity index (χ0v) is 26.7. The van der Waals surface area contributed by atoms with E-state index >= 15 is 0 Å². The van der Waals surface area contributed by atoms with E-state index in [1.165, 1.54) is 6.92 Å². The van der Waals surface area contributed by atoms with E-state index in [1.54, 1.807) is 52.7 Å². The van der Waals surface area contributed by atoms with E-state index in [4.69, 9.17) is 28.4 Å². The lowest BCUT2D eigenvalue weighted by Crippen LogP contribution is -2.77. The van der Waals surface area contributed by atoms with Gasteiger partial charge < -0.3 is 33.5 Å². The summed E-state index contributed by atoms with van der Waals surface area (Å²) < 4.78 is 38.2. The van der Waals surface area contributed by atoms with Gasteiger partial charge in [0.05, 0.1) is 30.5 Å². The lowest BCUT2D eigenvalue weighted by Gasteiger charge is -2.69. The summed E-state index contributed by atoms with van der Waals surface area (Å²) in [5.41, 5.74) is -2.88. The fourth-order valence-electron chi connectivity index (χ4n) is 12.3. The first-order valence-electron chi connectivity index (χ1n) is 16.1. The molecule has 1 spiro atoms. The predicted molar refractivity (Wildman–Crippen MR) is 158 cm³/mol. The molecule has 10 heteroatoms. The van der Waals surface area contributed by atoms with Crippen molar-refractivity contribution in [2.24, 2.45) is 34.5 Å². The number of fused-ring (bicyclic) bond motifs is 2. The third-order valence-corrected chi connectivity index (χ3v) is 13.0. The number of piperidine rings is 1. The quantitative estimate of drug-likeness (QED) is 0.417. The molecule has 0 amide bonds. The second-order valence-corrected chi connectivity index (χ2v) is 14.3. The maximum Gasteiger partial charge on any atom is 0.338 e. The molecule has 0 aromatic heterocycles. The first-order valence-corrected chi connectivity index (χ1v) is 16.1. The van der Waals surface area contributed by atoms with Gasteiger partial charge in [-0.05, 0) is 43.9 Å². The fourth-order valence-corrected chi connectivity index (χ4v) is 12.3. The Morgan fingerprint density at radius 2 is 1.73 bits per heavy atom. The molecule has 5 saturated carbocycles. The predicted octanol–water partition coefficient (Wildman–Crippen LogP) is 2.71. The smallest absolute Gasteiger partial charge is 0.338 e. The Hall–Kier alpha value is -2.08. The number of esters is 2. The summed E-state index contributed by atoms with van der Waals surface area (Å²) in [6.45, 7) is 5.84. The first kappa shape index (κ1) is 30.6. The van der Waals surface area contributed by atoms with E-state index in [1.807, 2.05) is 6.07 Å². The Morgan fingerprint density at radius 3 is 2.34 bits per heavy atom. The maximum atomic E-state index is 13.7. The second kappa shape index (κ2) is 10.5. The molecule has 7 rings (SSSR count). The van der Waals surface area contributed by atoms with Crippen LogP contribution in [0.4, 0.5) is 0 Å². The van der Waals surface area contributed by atoms with Crippen molar-refractivity contribution in [3.63, 3.8) is 0 Å². The van der Waals surface area contributed by atoms with Gasteiger partial charge in [0.1, 0.15) is 17.3 Å². The number of ether oxygens (including phenoxy) is 6. The lowest BCUT2D eigenvalue weighted by atomic mass is 9.43. The van der Waals surface area contributed by atoms with Crippen molar-refractivity contribution in [3.05, 3.63) is 35.9 Å². The van der Waals surface area contributed by atoms with Crippen LogP contribution >= 0.6 is 0 Å². The molecule has 44 heavy (non-hydrogen) atoms. The van der Waals surface area contributed by atoms with Gasteiger partial charge in [0.15, 0.2) is 0 Å². The molecule has 1 saturated heterocycles. The highest BCUT2D eigenvalue weighted by Crippen LogP contribution is 2.80. The van der Waals surface area contributed by atoms with Crippen molar-refractivity contribution in [2.75, 3.05) is 48.1 Å². The van der Waals surface area contributed by atoms with Gasteiger partial charge in [0.25, 0.3) is 0 Å². The van der Waals surface area contributed by atoms with E-state index in [0.29, 0.717) is 18.6 Å². The van der Waals surface area contributed by atoms with Crippen molar-refractivity contribution in [3.8, 4) is 0 Å². The van der Waals surface area contributed by atoms with Crippen LogP contribution in [0.3, 0.4) is 0 Å². The molecule has 1 aromatic carbocycles. The fraction of sp³-hybridized carbons (Fsp3) is 0.765. The van der Waals surface area contributed by atoms with E-state index in [9.17, 15) is 14.7 Å². The second-order valence-electron chi connectivity index (χ2n) is 14.3. The zero-order valence-electron chi connectivity index (χ0n) is 26.7. The highest BCUT2D eigenvalue weighted by atomic mass is 16.6. The van der Waals surface area contributed by atoms with Crippen LogP contribution in [-0.2, 0) is 33.2 Å². The van der Waals surface area contributed by atoms with Crippen molar-refractivity contribution in [1.82, 2.24) is 4.90 Å². The monoisotopic (exact) mass is 613 g/mol. The molecule has 242 valence electrons. The van der Waals surface area contributed by atoms with Gasteiger partial charge >= 0.3 is 11.9 Å². The molecule has 6 aliphatic rings. The summed E-state index contributed by atoms with van der Waals surface area (Å²) in [4.78, 5) is 29.5. The largest absolute Gasteiger partial charge is 0.458 e. The molecule has 1 aromatic rings. The van der Waals surface area contributed by atoms with Gasteiger partial charge in [-0.25, -0.2) is 4.79 Å². The van der Waals surface area contributed by atoms with Crippen LogP contribution in [0.15, 0.2) is 30.3 Å². The van der Waals surface area contributed by atoms with Crippen molar-refractivity contribution < 1.29 is 43.1 Å². The summed E-state index contributed by atoms with van der Waals surface area (Å²) in [6, 6.07) is 8.80. The van der Waals surface area contributed by atoms with Gasteiger partial charge in [0.2, 0.25) is 0 Å². The third-order valence-electron chi connectivity index (χ3n) is 13.0. The van der Waals surface area contributed by atoms with Crippen LogP contribution < -0.4 is 0 Å². The molecule has 1 aliphatic heterocycles. The van der Waals surface area contributed by atoms with Crippen molar-refractivity contribution in [2.45, 2.75) is 81.2 Å². The van der Waals surface area contributed by atoms with E-state index in [2.05, 4.69) is 11.8 Å². The molecule has 0 radical (unpaired) electrons. The van der Waals surface area contributed by atoms with Crippen LogP contribution in [0.25, 0.3) is 0 Å². The highest BCUT2D eigenvalue weighted by Gasteiger charge is 2.89. The molecule has 6 fully saturated rings. The Morgan fingerprint density at radius 1 is 1.00 bits per heavy atom. The maximum absolute atomic E-state index is 13.7. The number of benzene rings is 1. The van der Waals surface area contributed by atoms with Crippen molar-refractivity contribution in [1.29, 1.82) is 0 Å². The number of hydrogen-bond acceptors (Lipinski definition) is 10. The number of carbonyl (C=O) groups excluding carboxylic acids is 2. The minimum Gasteiger partial charge on any atom is -0.458 e. The number of methoxy groups -OCH3 is 4. The van der Waals surface area contributed by atoms with Gasteiger partial charge in [-0.15, -0.1) is 0 Å². The third kappa shape index (κ3) is 3.58. The Balaban J connectivity index is 1.49. The first-order chi connectivity index (χ1) is 21.1. The summed E-state index contributed by atoms with van der Waals surface area (Å²) in [6.07, 6.45) is 0.292. The van der Waals surface area contributed by atoms with Crippen LogP contribution in [0.5, 0.6) is 0 Å². The molecule has 0 unspecified atom stereocenters. The van der Waals surface area contributed by atoms with Crippen LogP contribution in [0.2, 0.25) is 0 Å². The Kier molecular flexibility index (Phi) is 7.27. The zero-order chi connectivity index (χ0) is 31.2. The Labute approximate surface area is 259 Å². The minimum absolute atomic E-state index is 0.0216. The lowest BCUT2D eigenvalue weighted by molar-refractivity contribution is -0.287. The summed E-state index contributed by atoms with van der Waals surface area (Å²) >= 11 is 0. The molecule has 7 bridgehead atoms. The highest BCUT2D eigenvalue weighted by molar-refractivity contribution is 5.89. The van der Waals surface area contributed by atoms with Gasteiger partial charge in [-0.3, -0.25) is 9.69 Å². The van der Waals surface area contributed by atoms with Crippen molar-refractivity contribution >= 4 is 11.9 Å². The molecular formula is C34H47NO9. The van der Waals surface area contributed by atoms with Gasteiger partial charge in [0, 0.05) is 83.0 Å². The van der Waals surface area contributed by atoms with E-state index in [0.717, 1.165) is 25.9 Å². The molecule has 1 heterocycles. The number of aliphatic hydroxyl groups is 1. The molecular weight excluding hydrogens is 566 g/mol. The van der Waals surface area contributed by atoms with E-state index in [-0.39, 0.29) is 47.8 Å². The summed E-state index contributed by atoms with van der Waals surface area (Å²) in [5, 5.41) is 12.7. The van der Waals surface area contributed by atoms with Gasteiger partial charge in [-0.2, -0.15) is 0 Å². The number of nitrogens with zero attached hydrogens (tertiary/aromatic N) is 1. The van der Waals surface area contributed by atoms with Gasteiger partial charge in [-0.1, -0.05) is 25.1 Å². The number of hydrogen-bond donors (Lipinski definition) is 1. The minimum atomic E-state index is -1.48. The van der Waals surface area contributed by atoms with E-state index < -0.39 is 46.7 Å². The number of rotatable bonds is 9. The topological polar surface area (TPSA) is 113 Å². The molecule has 1 N–H and O–H groups in total. The molecule has 10 nitrogen and oxygen atoms in total. The average molecular weight is 614 g/mol. The van der Waals surface area contributed by atoms with Crippen LogP contribution in [0, 0.1) is 34.5 Å². The summed E-state index contributed by atoms with van der Waals surface area (Å²) in [5.74, 6) is -1.85. The SMILES string of the molecule is CCN1C[C@]2(COC)CC[C@@H](OC)[C@@]34[C@@H]5C[C@]6(O)[C@@H](OC)C[C@@](OC(C)=O)([C@H]5[C@@H]6OC(=O)c5ccccc5)[C@@H]([C@H](OC)[C@H]23)[C@@H]14.